The topological polar surface area (TPSA) is 65.5 Å². The first-order valence-electron chi connectivity index (χ1n) is 11.2. The van der Waals surface area contributed by atoms with E-state index >= 15 is 0 Å². The third-order valence-corrected chi connectivity index (χ3v) is 6.47. The van der Waals surface area contributed by atoms with Crippen LogP contribution in [0.2, 0.25) is 10.3 Å². The molecule has 2 aromatic rings. The monoisotopic (exact) mass is 474 g/mol. The number of aromatic nitrogens is 1. The number of likely N-dealkylation sites (tertiary alicyclic amines) is 1. The van der Waals surface area contributed by atoms with Gasteiger partial charge in [-0.3, -0.25) is 9.59 Å². The van der Waals surface area contributed by atoms with Gasteiger partial charge in [-0.05, 0) is 75.0 Å². The van der Waals surface area contributed by atoms with E-state index in [9.17, 15) is 9.59 Å². The summed E-state index contributed by atoms with van der Waals surface area (Å²) in [5.74, 6) is -0.249. The van der Waals surface area contributed by atoms with Crippen molar-refractivity contribution in [3.05, 3.63) is 57.8 Å². The van der Waals surface area contributed by atoms with Crippen molar-refractivity contribution in [3.8, 4) is 0 Å². The third kappa shape index (κ3) is 5.61. The Morgan fingerprint density at radius 3 is 2.16 bits per heavy atom. The second-order valence-electron chi connectivity index (χ2n) is 8.55. The molecular weight excluding hydrogens is 447 g/mol. The van der Waals surface area contributed by atoms with Gasteiger partial charge >= 0.3 is 0 Å². The number of halogens is 2. The molecule has 1 aliphatic heterocycles. The molecule has 6 nitrogen and oxygen atoms in total. The van der Waals surface area contributed by atoms with Gasteiger partial charge in [-0.25, -0.2) is 4.98 Å². The molecule has 2 fully saturated rings. The standard InChI is InChI=1S/C24H28Cl2N4O2/c1-2-11-29-12-9-20(10-13-29)30(19-7-8-19)24(32)16-3-5-18(6-4-16)27-23(31)17-14-21(25)28-22(26)15-17/h3-6,14-15,19-20H,2,7-13H2,1H3,(H,27,31). The predicted octanol–water partition coefficient (Wildman–Crippen LogP) is 5.12. The summed E-state index contributed by atoms with van der Waals surface area (Å²) in [5, 5.41) is 3.12. The van der Waals surface area contributed by atoms with Gasteiger partial charge in [0.05, 0.1) is 0 Å². The van der Waals surface area contributed by atoms with Gasteiger partial charge in [0.15, 0.2) is 0 Å². The molecule has 0 atom stereocenters. The van der Waals surface area contributed by atoms with Crippen LogP contribution in [0.4, 0.5) is 5.69 Å². The summed E-state index contributed by atoms with van der Waals surface area (Å²) in [6.45, 7) is 5.46. The minimum atomic E-state index is -0.339. The van der Waals surface area contributed by atoms with Gasteiger partial charge in [0.25, 0.3) is 11.8 Å². The van der Waals surface area contributed by atoms with E-state index in [2.05, 4.69) is 27.0 Å². The van der Waals surface area contributed by atoms with Crippen LogP contribution in [0.3, 0.4) is 0 Å². The lowest BCUT2D eigenvalue weighted by Crippen LogP contribution is -2.48. The smallest absolute Gasteiger partial charge is 0.255 e. The van der Waals surface area contributed by atoms with E-state index in [1.807, 2.05) is 0 Å². The number of hydrogen-bond acceptors (Lipinski definition) is 4. The maximum absolute atomic E-state index is 13.4. The molecule has 1 aromatic heterocycles. The summed E-state index contributed by atoms with van der Waals surface area (Å²) < 4.78 is 0. The van der Waals surface area contributed by atoms with Crippen LogP contribution in [0.25, 0.3) is 0 Å². The normalized spacial score (nSPS) is 17.2. The van der Waals surface area contributed by atoms with E-state index in [-0.39, 0.29) is 22.1 Å². The fraction of sp³-hybridized carbons (Fsp3) is 0.458. The van der Waals surface area contributed by atoms with Gasteiger partial charge in [0, 0.05) is 42.0 Å². The molecule has 2 aliphatic rings. The number of nitrogens with one attached hydrogen (secondary N) is 1. The Hall–Kier alpha value is -2.15. The van der Waals surface area contributed by atoms with Gasteiger partial charge in [-0.1, -0.05) is 30.1 Å². The summed E-state index contributed by atoms with van der Waals surface area (Å²) in [4.78, 5) is 34.3. The van der Waals surface area contributed by atoms with Crippen LogP contribution in [0, 0.1) is 0 Å². The van der Waals surface area contributed by atoms with Gasteiger partial charge in [-0.2, -0.15) is 0 Å². The minimum absolute atomic E-state index is 0.0898. The maximum Gasteiger partial charge on any atom is 0.255 e. The van der Waals surface area contributed by atoms with Crippen molar-refractivity contribution < 1.29 is 9.59 Å². The fourth-order valence-corrected chi connectivity index (χ4v) is 4.82. The highest BCUT2D eigenvalue weighted by Gasteiger charge is 2.38. The molecule has 8 heteroatoms. The Balaban J connectivity index is 1.41. The number of amides is 2. The zero-order valence-corrected chi connectivity index (χ0v) is 19.7. The number of carbonyl (C=O) groups is 2. The predicted molar refractivity (Wildman–Crippen MR) is 128 cm³/mol. The van der Waals surface area contributed by atoms with Crippen LogP contribution in [-0.4, -0.2) is 58.3 Å². The first-order valence-corrected chi connectivity index (χ1v) is 12.0. The third-order valence-electron chi connectivity index (χ3n) is 6.08. The molecule has 0 unspecified atom stereocenters. The first kappa shape index (κ1) is 23.0. The highest BCUT2D eigenvalue weighted by Crippen LogP contribution is 2.33. The quantitative estimate of drug-likeness (QED) is 0.565. The van der Waals surface area contributed by atoms with Crippen LogP contribution in [0.15, 0.2) is 36.4 Å². The molecule has 1 aliphatic carbocycles. The molecule has 2 amide bonds. The van der Waals surface area contributed by atoms with Crippen molar-refractivity contribution in [1.29, 1.82) is 0 Å². The number of piperidine rings is 1. The average Bonchev–Trinajstić information content (AvgIpc) is 3.60. The van der Waals surface area contributed by atoms with Crippen molar-refractivity contribution >= 4 is 40.7 Å². The Bertz CT molecular complexity index is 950. The van der Waals surface area contributed by atoms with Crippen LogP contribution in [0.1, 0.15) is 59.7 Å². The lowest BCUT2D eigenvalue weighted by Gasteiger charge is -2.39. The molecule has 0 radical (unpaired) electrons. The molecule has 170 valence electrons. The molecule has 2 heterocycles. The second kappa shape index (κ2) is 10.2. The number of nitrogens with zero attached hydrogens (tertiary/aromatic N) is 3. The van der Waals surface area contributed by atoms with Crippen LogP contribution in [-0.2, 0) is 0 Å². The summed E-state index contributed by atoms with van der Waals surface area (Å²) in [6, 6.07) is 10.7. The lowest BCUT2D eigenvalue weighted by atomic mass is 10.0. The van der Waals surface area contributed by atoms with Gasteiger partial charge in [-0.15, -0.1) is 0 Å². The number of pyridine rings is 1. The zero-order chi connectivity index (χ0) is 22.7. The molecule has 1 saturated carbocycles. The van der Waals surface area contributed by atoms with Gasteiger partial charge in [0.1, 0.15) is 10.3 Å². The second-order valence-corrected chi connectivity index (χ2v) is 9.32. The van der Waals surface area contributed by atoms with E-state index in [4.69, 9.17) is 23.2 Å². The van der Waals surface area contributed by atoms with E-state index in [0.29, 0.717) is 28.9 Å². The van der Waals surface area contributed by atoms with Crippen LogP contribution in [0.5, 0.6) is 0 Å². The van der Waals surface area contributed by atoms with E-state index in [1.165, 1.54) is 18.6 Å². The van der Waals surface area contributed by atoms with Crippen molar-refractivity contribution in [3.63, 3.8) is 0 Å². The summed E-state index contributed by atoms with van der Waals surface area (Å²) >= 11 is 11.8. The van der Waals surface area contributed by atoms with Crippen molar-refractivity contribution in [2.75, 3.05) is 25.0 Å². The highest BCUT2D eigenvalue weighted by atomic mass is 35.5. The Morgan fingerprint density at radius 2 is 1.59 bits per heavy atom. The maximum atomic E-state index is 13.4. The average molecular weight is 475 g/mol. The number of carbonyl (C=O) groups excluding carboxylic acids is 2. The number of benzene rings is 1. The van der Waals surface area contributed by atoms with E-state index in [0.717, 1.165) is 45.3 Å². The molecule has 32 heavy (non-hydrogen) atoms. The summed E-state index contributed by atoms with van der Waals surface area (Å²) in [7, 11) is 0. The molecule has 1 N–H and O–H groups in total. The molecule has 1 aromatic carbocycles. The SMILES string of the molecule is CCCN1CCC(N(C(=O)c2ccc(NC(=O)c3cc(Cl)nc(Cl)c3)cc2)C2CC2)CC1. The number of hydrogen-bond donors (Lipinski definition) is 1. The Morgan fingerprint density at radius 1 is 1.00 bits per heavy atom. The van der Waals surface area contributed by atoms with Gasteiger partial charge in [0.2, 0.25) is 0 Å². The first-order chi connectivity index (χ1) is 15.4. The molecule has 1 saturated heterocycles. The molecular formula is C24H28Cl2N4O2. The van der Waals surface area contributed by atoms with E-state index < -0.39 is 0 Å². The highest BCUT2D eigenvalue weighted by molar-refractivity contribution is 6.33. The fourth-order valence-electron chi connectivity index (χ4n) is 4.36. The Labute approximate surface area is 198 Å². The van der Waals surface area contributed by atoms with Crippen LogP contribution >= 0.6 is 23.2 Å². The molecule has 0 spiro atoms. The summed E-state index contributed by atoms with van der Waals surface area (Å²) in [5.41, 5.74) is 1.58. The van der Waals surface area contributed by atoms with Crippen molar-refractivity contribution in [2.24, 2.45) is 0 Å². The van der Waals surface area contributed by atoms with Crippen molar-refractivity contribution in [1.82, 2.24) is 14.8 Å². The molecule has 0 bridgehead atoms. The number of rotatable bonds is 7. The molecule has 4 rings (SSSR count). The number of anilines is 1. The zero-order valence-electron chi connectivity index (χ0n) is 18.2. The largest absolute Gasteiger partial charge is 0.333 e. The van der Waals surface area contributed by atoms with E-state index in [1.54, 1.807) is 24.3 Å². The lowest BCUT2D eigenvalue weighted by molar-refractivity contribution is 0.0549. The van der Waals surface area contributed by atoms with Gasteiger partial charge < -0.3 is 15.1 Å². The van der Waals surface area contributed by atoms with Crippen molar-refractivity contribution in [2.45, 2.75) is 51.1 Å². The summed E-state index contributed by atoms with van der Waals surface area (Å²) in [6.07, 6.45) is 5.42. The Kier molecular flexibility index (Phi) is 7.33. The van der Waals surface area contributed by atoms with Crippen LogP contribution < -0.4 is 5.32 Å². The minimum Gasteiger partial charge on any atom is -0.333 e.